The molecule has 0 saturated carbocycles. The van der Waals surface area contributed by atoms with Crippen molar-refractivity contribution >= 4 is 11.8 Å². The van der Waals surface area contributed by atoms with Gasteiger partial charge in [-0.05, 0) is 50.7 Å². The van der Waals surface area contributed by atoms with Crippen LogP contribution in [0, 0.1) is 5.82 Å². The first-order valence-electron chi connectivity index (χ1n) is 13.8. The van der Waals surface area contributed by atoms with Gasteiger partial charge in [-0.2, -0.15) is 0 Å². The molecular weight excluding hydrogens is 527 g/mol. The van der Waals surface area contributed by atoms with Gasteiger partial charge in [0.15, 0.2) is 11.6 Å². The fourth-order valence-electron chi connectivity index (χ4n) is 5.50. The van der Waals surface area contributed by atoms with Crippen molar-refractivity contribution in [3.63, 3.8) is 0 Å². The van der Waals surface area contributed by atoms with Crippen LogP contribution in [0.1, 0.15) is 67.5 Å². The van der Waals surface area contributed by atoms with Crippen LogP contribution < -0.4 is 14.8 Å². The van der Waals surface area contributed by atoms with Gasteiger partial charge in [0.25, 0.3) is 5.92 Å². The van der Waals surface area contributed by atoms with Crippen LogP contribution in [0.2, 0.25) is 0 Å². The molecule has 2 aliphatic rings. The maximum absolute atomic E-state index is 14.6. The van der Waals surface area contributed by atoms with Crippen LogP contribution in [0.3, 0.4) is 0 Å². The van der Waals surface area contributed by atoms with E-state index in [4.69, 9.17) is 19.2 Å². The topological polar surface area (TPSA) is 93.2 Å². The number of carboxylic acids is 1. The number of aliphatic carboxylic acids is 1. The standard InChI is InChI=1S/C29H38F3N3O5/c1-29(31,32)18-14-22(26(39-3)23(30)15-18)25(28(36)37)35-12-10-20(17-35)40-13-6-4-5-8-19-16-24(38-2)21-9-7-11-33-27(21)34-19/h14-16,20,25H,4-13,17H2,1-3H3,(H,33,34)(H,36,37)/t20-,25+/m1/s1. The maximum Gasteiger partial charge on any atom is 0.325 e. The van der Waals surface area contributed by atoms with Gasteiger partial charge in [-0.1, -0.05) is 6.42 Å². The predicted octanol–water partition coefficient (Wildman–Crippen LogP) is 5.34. The lowest BCUT2D eigenvalue weighted by molar-refractivity contribution is -0.143. The summed E-state index contributed by atoms with van der Waals surface area (Å²) in [6.07, 6.45) is 5.97. The molecule has 0 spiro atoms. The zero-order valence-corrected chi connectivity index (χ0v) is 23.3. The van der Waals surface area contributed by atoms with Crippen molar-refractivity contribution in [3.8, 4) is 11.5 Å². The lowest BCUT2D eigenvalue weighted by atomic mass is 9.98. The van der Waals surface area contributed by atoms with Gasteiger partial charge >= 0.3 is 5.97 Å². The Kier molecular flexibility index (Phi) is 9.78. The van der Waals surface area contributed by atoms with Crippen LogP contribution in [0.4, 0.5) is 19.0 Å². The highest BCUT2D eigenvalue weighted by Gasteiger charge is 2.38. The van der Waals surface area contributed by atoms with Crippen LogP contribution >= 0.6 is 0 Å². The Labute approximate surface area is 232 Å². The van der Waals surface area contributed by atoms with E-state index in [2.05, 4.69) is 5.32 Å². The summed E-state index contributed by atoms with van der Waals surface area (Å²) in [5, 5.41) is 13.3. The van der Waals surface area contributed by atoms with Gasteiger partial charge in [-0.15, -0.1) is 0 Å². The second-order valence-corrected chi connectivity index (χ2v) is 10.5. The van der Waals surface area contributed by atoms with E-state index in [1.165, 1.54) is 7.11 Å². The molecule has 1 fully saturated rings. The normalized spacial score (nSPS) is 18.2. The molecule has 2 atom stereocenters. The summed E-state index contributed by atoms with van der Waals surface area (Å²) in [4.78, 5) is 18.6. The van der Waals surface area contributed by atoms with Gasteiger partial charge in [-0.3, -0.25) is 9.69 Å². The molecule has 2 N–H and O–H groups in total. The van der Waals surface area contributed by atoms with Crippen molar-refractivity contribution in [1.29, 1.82) is 0 Å². The van der Waals surface area contributed by atoms with Gasteiger partial charge in [0.1, 0.15) is 17.6 Å². The van der Waals surface area contributed by atoms with Crippen LogP contribution in [0.15, 0.2) is 18.2 Å². The highest BCUT2D eigenvalue weighted by atomic mass is 19.3. The molecular formula is C29H38F3N3O5. The molecule has 11 heteroatoms. The van der Waals surface area contributed by atoms with Gasteiger partial charge in [0.05, 0.1) is 20.3 Å². The monoisotopic (exact) mass is 565 g/mol. The van der Waals surface area contributed by atoms with Gasteiger partial charge in [0, 0.05) is 61.6 Å². The highest BCUT2D eigenvalue weighted by Crippen LogP contribution is 2.39. The van der Waals surface area contributed by atoms with Gasteiger partial charge in [-0.25, -0.2) is 18.2 Å². The molecule has 1 aromatic heterocycles. The van der Waals surface area contributed by atoms with E-state index < -0.39 is 29.3 Å². The van der Waals surface area contributed by atoms with E-state index in [0.717, 1.165) is 74.0 Å². The zero-order valence-electron chi connectivity index (χ0n) is 23.3. The number of aromatic nitrogens is 1. The van der Waals surface area contributed by atoms with E-state index in [1.807, 2.05) is 6.07 Å². The molecule has 0 amide bonds. The number of unbranched alkanes of at least 4 members (excludes halogenated alkanes) is 2. The molecule has 2 aromatic rings. The fraction of sp³-hybridized carbons (Fsp3) is 0.586. The van der Waals surface area contributed by atoms with E-state index in [1.54, 1.807) is 12.0 Å². The van der Waals surface area contributed by atoms with Gasteiger partial charge in [0.2, 0.25) is 0 Å². The minimum absolute atomic E-state index is 0.130. The number of ether oxygens (including phenoxy) is 3. The quantitative estimate of drug-likeness (QED) is 0.315. The molecule has 0 aliphatic carbocycles. The van der Waals surface area contributed by atoms with Crippen LogP contribution in [0.5, 0.6) is 11.5 Å². The first-order chi connectivity index (χ1) is 19.1. The smallest absolute Gasteiger partial charge is 0.325 e. The number of halogens is 3. The van der Waals surface area contributed by atoms with Crippen molar-refractivity contribution in [3.05, 3.63) is 46.4 Å². The second kappa shape index (κ2) is 13.1. The number of hydrogen-bond acceptors (Lipinski definition) is 7. The second-order valence-electron chi connectivity index (χ2n) is 10.5. The maximum atomic E-state index is 14.6. The number of nitrogens with zero attached hydrogens (tertiary/aromatic N) is 2. The van der Waals surface area contributed by atoms with Gasteiger partial charge < -0.3 is 24.6 Å². The number of pyridine rings is 1. The lowest BCUT2D eigenvalue weighted by Gasteiger charge is -2.27. The van der Waals surface area contributed by atoms with Crippen molar-refractivity contribution in [1.82, 2.24) is 9.88 Å². The number of likely N-dealkylation sites (tertiary alicyclic amines) is 1. The summed E-state index contributed by atoms with van der Waals surface area (Å²) >= 11 is 0. The summed E-state index contributed by atoms with van der Waals surface area (Å²) in [5.41, 5.74) is 1.41. The van der Waals surface area contributed by atoms with E-state index in [-0.39, 0.29) is 17.4 Å². The number of methoxy groups -OCH3 is 2. The van der Waals surface area contributed by atoms with Crippen molar-refractivity contribution in [2.24, 2.45) is 0 Å². The van der Waals surface area contributed by atoms with E-state index in [9.17, 15) is 23.1 Å². The molecule has 3 heterocycles. The number of alkyl halides is 2. The SMILES string of the molecule is COc1cc(CCCCCO[C@@H]2CCN([C@H](C(=O)O)c3cc(C(C)(F)F)cc(F)c3OC)C2)nc2c1CCCN2. The minimum atomic E-state index is -3.33. The molecule has 0 bridgehead atoms. The fourth-order valence-corrected chi connectivity index (χ4v) is 5.50. The molecule has 1 saturated heterocycles. The summed E-state index contributed by atoms with van der Waals surface area (Å²) < 4.78 is 59.2. The Morgan fingerprint density at radius 2 is 2.02 bits per heavy atom. The van der Waals surface area contributed by atoms with Crippen LogP contribution in [-0.2, 0) is 28.3 Å². The largest absolute Gasteiger partial charge is 0.496 e. The highest BCUT2D eigenvalue weighted by molar-refractivity contribution is 5.77. The van der Waals surface area contributed by atoms with E-state index >= 15 is 0 Å². The first kappa shape index (κ1) is 29.9. The Morgan fingerprint density at radius 1 is 1.23 bits per heavy atom. The van der Waals surface area contributed by atoms with Crippen molar-refractivity contribution in [2.45, 2.75) is 69.9 Å². The Balaban J connectivity index is 1.28. The van der Waals surface area contributed by atoms with Crippen LogP contribution in [0.25, 0.3) is 0 Å². The summed E-state index contributed by atoms with van der Waals surface area (Å²) in [6.45, 7) is 2.75. The number of carboxylic acid groups (broad SMARTS) is 1. The molecule has 0 unspecified atom stereocenters. The number of hydrogen-bond donors (Lipinski definition) is 2. The third-order valence-corrected chi connectivity index (χ3v) is 7.54. The summed E-state index contributed by atoms with van der Waals surface area (Å²) in [7, 11) is 2.87. The molecule has 1 aromatic carbocycles. The molecule has 8 nitrogen and oxygen atoms in total. The minimum Gasteiger partial charge on any atom is -0.496 e. The predicted molar refractivity (Wildman–Crippen MR) is 144 cm³/mol. The number of benzene rings is 1. The number of rotatable bonds is 13. The molecule has 4 rings (SSSR count). The summed E-state index contributed by atoms with van der Waals surface area (Å²) in [5.74, 6) is -4.15. The Morgan fingerprint density at radius 3 is 2.73 bits per heavy atom. The summed E-state index contributed by atoms with van der Waals surface area (Å²) in [6, 6.07) is 2.40. The number of fused-ring (bicyclic) bond motifs is 1. The zero-order chi connectivity index (χ0) is 28.9. The Hall–Kier alpha value is -3.05. The third-order valence-electron chi connectivity index (χ3n) is 7.54. The molecule has 0 radical (unpaired) electrons. The molecule has 40 heavy (non-hydrogen) atoms. The average molecular weight is 566 g/mol. The molecule has 220 valence electrons. The number of nitrogens with one attached hydrogen (secondary N) is 1. The number of carbonyl (C=O) groups is 1. The number of anilines is 1. The first-order valence-corrected chi connectivity index (χ1v) is 13.8. The molecule has 2 aliphatic heterocycles. The van der Waals surface area contributed by atoms with Crippen molar-refractivity contribution in [2.75, 3.05) is 45.8 Å². The average Bonchev–Trinajstić information content (AvgIpc) is 3.37. The number of aryl methyl sites for hydroxylation is 1. The third kappa shape index (κ3) is 6.98. The van der Waals surface area contributed by atoms with E-state index in [0.29, 0.717) is 39.1 Å². The van der Waals surface area contributed by atoms with Crippen LogP contribution in [-0.4, -0.2) is 67.5 Å². The Bertz CT molecular complexity index is 1170. The van der Waals surface area contributed by atoms with Crippen molar-refractivity contribution < 1.29 is 37.3 Å². The lowest BCUT2D eigenvalue weighted by Crippen LogP contribution is -2.34.